The van der Waals surface area contributed by atoms with E-state index in [0.29, 0.717) is 24.2 Å². The highest BCUT2D eigenvalue weighted by molar-refractivity contribution is 5.36. The molecule has 0 spiro atoms. The topological polar surface area (TPSA) is 92.2 Å². The summed E-state index contributed by atoms with van der Waals surface area (Å²) < 4.78 is 5.05. The minimum atomic E-state index is 0.103. The van der Waals surface area contributed by atoms with Crippen molar-refractivity contribution in [2.45, 2.75) is 33.2 Å². The van der Waals surface area contributed by atoms with Crippen LogP contribution in [0.1, 0.15) is 27.2 Å². The summed E-state index contributed by atoms with van der Waals surface area (Å²) in [7, 11) is 1.52. The number of ether oxygens (including phenoxy) is 1. The molecule has 7 heteroatoms. The number of hydrogen-bond acceptors (Lipinski definition) is 7. The number of nitrogens with zero attached hydrogens (tertiary/aromatic N) is 3. The summed E-state index contributed by atoms with van der Waals surface area (Å²) in [4.78, 5) is 12.5. The zero-order valence-electron chi connectivity index (χ0n) is 12.0. The monoisotopic (exact) mass is 269 g/mol. The molecule has 0 radical (unpaired) electrons. The Hall–Kier alpha value is -1.63. The van der Waals surface area contributed by atoms with E-state index in [2.05, 4.69) is 39.4 Å². The first-order valence-corrected chi connectivity index (χ1v) is 6.52. The molecule has 7 nitrogen and oxygen atoms in total. The van der Waals surface area contributed by atoms with Gasteiger partial charge in [-0.15, -0.1) is 0 Å². The van der Waals surface area contributed by atoms with E-state index in [4.69, 9.17) is 9.84 Å². The summed E-state index contributed by atoms with van der Waals surface area (Å²) in [6, 6.07) is 0.367. The van der Waals surface area contributed by atoms with E-state index >= 15 is 0 Å². The predicted octanol–water partition coefficient (Wildman–Crippen LogP) is 1.13. The zero-order valence-corrected chi connectivity index (χ0v) is 12.0. The number of hydrogen-bond donors (Lipinski definition) is 3. The van der Waals surface area contributed by atoms with Crippen molar-refractivity contribution >= 4 is 11.9 Å². The van der Waals surface area contributed by atoms with Crippen molar-refractivity contribution in [3.05, 3.63) is 0 Å². The molecule has 1 aromatic heterocycles. The average Bonchev–Trinajstić information content (AvgIpc) is 2.38. The van der Waals surface area contributed by atoms with Crippen molar-refractivity contribution in [2.75, 3.05) is 30.9 Å². The second-order valence-electron chi connectivity index (χ2n) is 4.51. The second kappa shape index (κ2) is 7.73. The Bertz CT molecular complexity index is 386. The van der Waals surface area contributed by atoms with Crippen molar-refractivity contribution < 1.29 is 9.84 Å². The Balaban J connectivity index is 2.88. The Morgan fingerprint density at radius 2 is 1.89 bits per heavy atom. The number of methoxy groups -OCH3 is 1. The van der Waals surface area contributed by atoms with Crippen LogP contribution in [0.25, 0.3) is 0 Å². The first-order chi connectivity index (χ1) is 9.10. The number of aromatic nitrogens is 3. The van der Waals surface area contributed by atoms with Crippen LogP contribution in [-0.2, 0) is 0 Å². The molecule has 0 aliphatic heterocycles. The number of rotatable bonds is 8. The standard InChI is InChI=1S/C12H23N5O2/c1-5-13-10-15-11(17-12(16-10)19-4)14-9(6-7-18)8(2)3/h8-9,18H,5-7H2,1-4H3,(H2,13,14,15,16,17). The lowest BCUT2D eigenvalue weighted by molar-refractivity contribution is 0.267. The van der Waals surface area contributed by atoms with Crippen molar-refractivity contribution in [1.82, 2.24) is 15.0 Å². The molecule has 108 valence electrons. The van der Waals surface area contributed by atoms with Gasteiger partial charge in [0.1, 0.15) is 0 Å². The molecule has 0 aromatic carbocycles. The largest absolute Gasteiger partial charge is 0.467 e. The molecule has 1 atom stereocenters. The summed E-state index contributed by atoms with van der Waals surface area (Å²) in [5.41, 5.74) is 0. The molecule has 3 N–H and O–H groups in total. The number of aliphatic hydroxyl groups is 1. The molecule has 0 amide bonds. The highest BCUT2D eigenvalue weighted by Crippen LogP contribution is 2.15. The van der Waals surface area contributed by atoms with Crippen LogP contribution in [0.15, 0.2) is 0 Å². The van der Waals surface area contributed by atoms with Crippen LogP contribution >= 0.6 is 0 Å². The molecule has 1 aromatic rings. The van der Waals surface area contributed by atoms with Gasteiger partial charge < -0.3 is 20.5 Å². The van der Waals surface area contributed by atoms with Gasteiger partial charge in [0, 0.05) is 19.2 Å². The lowest BCUT2D eigenvalue weighted by atomic mass is 10.0. The van der Waals surface area contributed by atoms with Gasteiger partial charge in [0.15, 0.2) is 0 Å². The molecule has 0 fully saturated rings. The van der Waals surface area contributed by atoms with E-state index in [1.54, 1.807) is 0 Å². The molecule has 1 heterocycles. The van der Waals surface area contributed by atoms with Crippen molar-refractivity contribution in [3.8, 4) is 6.01 Å². The third-order valence-corrected chi connectivity index (χ3v) is 2.69. The lowest BCUT2D eigenvalue weighted by Crippen LogP contribution is -2.28. The Morgan fingerprint density at radius 1 is 1.21 bits per heavy atom. The van der Waals surface area contributed by atoms with E-state index in [1.165, 1.54) is 7.11 Å². The molecule has 0 bridgehead atoms. The van der Waals surface area contributed by atoms with Crippen LogP contribution in [0.4, 0.5) is 11.9 Å². The van der Waals surface area contributed by atoms with Crippen molar-refractivity contribution in [3.63, 3.8) is 0 Å². The summed E-state index contributed by atoms with van der Waals surface area (Å²) in [6.45, 7) is 6.97. The molecule has 0 aliphatic rings. The van der Waals surface area contributed by atoms with Crippen LogP contribution in [0.2, 0.25) is 0 Å². The Labute approximate surface area is 113 Å². The molecular weight excluding hydrogens is 246 g/mol. The molecular formula is C12H23N5O2. The van der Waals surface area contributed by atoms with E-state index in [-0.39, 0.29) is 18.7 Å². The van der Waals surface area contributed by atoms with Crippen molar-refractivity contribution in [2.24, 2.45) is 5.92 Å². The molecule has 0 saturated heterocycles. The van der Waals surface area contributed by atoms with Crippen LogP contribution < -0.4 is 15.4 Å². The van der Waals surface area contributed by atoms with Gasteiger partial charge in [0.05, 0.1) is 7.11 Å². The van der Waals surface area contributed by atoms with Gasteiger partial charge in [-0.25, -0.2) is 0 Å². The third kappa shape index (κ3) is 4.86. The fourth-order valence-electron chi connectivity index (χ4n) is 1.63. The summed E-state index contributed by atoms with van der Waals surface area (Å²) in [5, 5.41) is 15.3. The fraction of sp³-hybridized carbons (Fsp3) is 0.750. The van der Waals surface area contributed by atoms with Gasteiger partial charge in [0.2, 0.25) is 11.9 Å². The van der Waals surface area contributed by atoms with Gasteiger partial charge >= 0.3 is 6.01 Å². The molecule has 1 unspecified atom stereocenters. The number of aliphatic hydroxyl groups excluding tert-OH is 1. The van der Waals surface area contributed by atoms with E-state index in [9.17, 15) is 0 Å². The normalized spacial score (nSPS) is 12.3. The van der Waals surface area contributed by atoms with Gasteiger partial charge in [0.25, 0.3) is 0 Å². The van der Waals surface area contributed by atoms with Crippen LogP contribution in [0, 0.1) is 5.92 Å². The Morgan fingerprint density at radius 3 is 2.42 bits per heavy atom. The molecule has 0 saturated carbocycles. The van der Waals surface area contributed by atoms with Gasteiger partial charge in [-0.3, -0.25) is 0 Å². The summed E-state index contributed by atoms with van der Waals surface area (Å²) in [6.07, 6.45) is 0.641. The van der Waals surface area contributed by atoms with E-state index < -0.39 is 0 Å². The fourth-order valence-corrected chi connectivity index (χ4v) is 1.63. The first-order valence-electron chi connectivity index (χ1n) is 6.52. The maximum absolute atomic E-state index is 9.07. The molecule has 1 rings (SSSR count). The zero-order chi connectivity index (χ0) is 14.3. The van der Waals surface area contributed by atoms with Crippen LogP contribution in [-0.4, -0.2) is 46.4 Å². The van der Waals surface area contributed by atoms with Gasteiger partial charge in [-0.05, 0) is 19.3 Å². The minimum Gasteiger partial charge on any atom is -0.467 e. The van der Waals surface area contributed by atoms with Crippen molar-refractivity contribution in [1.29, 1.82) is 0 Å². The molecule has 19 heavy (non-hydrogen) atoms. The number of anilines is 2. The number of nitrogens with one attached hydrogen (secondary N) is 2. The predicted molar refractivity (Wildman–Crippen MR) is 74.5 cm³/mol. The van der Waals surface area contributed by atoms with Crippen LogP contribution in [0.5, 0.6) is 6.01 Å². The first kappa shape index (κ1) is 15.4. The highest BCUT2D eigenvalue weighted by Gasteiger charge is 2.15. The summed E-state index contributed by atoms with van der Waals surface area (Å²) >= 11 is 0. The van der Waals surface area contributed by atoms with E-state index in [0.717, 1.165) is 6.54 Å². The van der Waals surface area contributed by atoms with Gasteiger partial charge in [-0.2, -0.15) is 15.0 Å². The SMILES string of the molecule is CCNc1nc(NC(CCO)C(C)C)nc(OC)n1. The van der Waals surface area contributed by atoms with Gasteiger partial charge in [-0.1, -0.05) is 13.8 Å². The molecule has 0 aliphatic carbocycles. The van der Waals surface area contributed by atoms with Crippen LogP contribution in [0.3, 0.4) is 0 Å². The second-order valence-corrected chi connectivity index (χ2v) is 4.51. The van der Waals surface area contributed by atoms with E-state index in [1.807, 2.05) is 6.92 Å². The maximum atomic E-state index is 9.07. The summed E-state index contributed by atoms with van der Waals surface area (Å²) in [5.74, 6) is 1.29. The quantitative estimate of drug-likeness (QED) is 0.651. The maximum Gasteiger partial charge on any atom is 0.322 e. The average molecular weight is 269 g/mol. The third-order valence-electron chi connectivity index (χ3n) is 2.69. The Kier molecular flexibility index (Phi) is 6.27. The smallest absolute Gasteiger partial charge is 0.322 e. The minimum absolute atomic E-state index is 0.103. The highest BCUT2D eigenvalue weighted by atomic mass is 16.5. The lowest BCUT2D eigenvalue weighted by Gasteiger charge is -2.21.